The van der Waals surface area contributed by atoms with E-state index in [1.165, 1.54) is 50.2 Å². The van der Waals surface area contributed by atoms with E-state index in [-0.39, 0.29) is 0 Å². The molecule has 1 atom stereocenters. The lowest BCUT2D eigenvalue weighted by molar-refractivity contribution is -0.939. The van der Waals surface area contributed by atoms with Gasteiger partial charge in [-0.2, -0.15) is 0 Å². The van der Waals surface area contributed by atoms with Crippen LogP contribution < -0.4 is 0 Å². The number of hydrogen-bond acceptors (Lipinski definition) is 1. The van der Waals surface area contributed by atoms with Crippen LogP contribution in [-0.4, -0.2) is 48.3 Å². The van der Waals surface area contributed by atoms with E-state index in [2.05, 4.69) is 39.5 Å². The Bertz CT molecular complexity index is 197. The lowest BCUT2D eigenvalue weighted by Gasteiger charge is -2.37. The summed E-state index contributed by atoms with van der Waals surface area (Å²) in [6.45, 7) is 18.2. The summed E-state index contributed by atoms with van der Waals surface area (Å²) in [5, 5.41) is 0. The number of nitrogens with zero attached hydrogens (tertiary/aromatic N) is 2. The van der Waals surface area contributed by atoms with Crippen LogP contribution in [0.15, 0.2) is 0 Å². The van der Waals surface area contributed by atoms with E-state index in [0.29, 0.717) is 0 Å². The summed E-state index contributed by atoms with van der Waals surface area (Å²) in [5.74, 6) is 0.802. The summed E-state index contributed by atoms with van der Waals surface area (Å²) < 4.78 is 1.33. The van der Waals surface area contributed by atoms with Gasteiger partial charge in [-0.1, -0.05) is 27.2 Å². The second-order valence-corrected chi connectivity index (χ2v) is 5.86. The molecule has 2 heteroatoms. The highest BCUT2D eigenvalue weighted by Gasteiger charge is 2.42. The van der Waals surface area contributed by atoms with Crippen molar-refractivity contribution in [3.8, 4) is 0 Å². The quantitative estimate of drug-likeness (QED) is 0.631. The molecular formula is C14H31N2+. The second kappa shape index (κ2) is 6.02. The first kappa shape index (κ1) is 14.0. The minimum atomic E-state index is 0.802. The first-order chi connectivity index (χ1) is 7.57. The Balaban J connectivity index is 2.66. The Morgan fingerprint density at radius 1 is 1.19 bits per heavy atom. The lowest BCUT2D eigenvalue weighted by atomic mass is 10.1. The van der Waals surface area contributed by atoms with Gasteiger partial charge in [0.25, 0.3) is 0 Å². The molecule has 0 bridgehead atoms. The Kier molecular flexibility index (Phi) is 5.26. The van der Waals surface area contributed by atoms with Gasteiger partial charge >= 0.3 is 0 Å². The molecule has 0 N–H and O–H groups in total. The molecule has 2 nitrogen and oxygen atoms in total. The maximum atomic E-state index is 2.69. The fourth-order valence-electron chi connectivity index (χ4n) is 3.33. The van der Waals surface area contributed by atoms with Crippen molar-refractivity contribution in [3.05, 3.63) is 0 Å². The van der Waals surface area contributed by atoms with Crippen molar-refractivity contribution < 1.29 is 4.48 Å². The molecule has 16 heavy (non-hydrogen) atoms. The van der Waals surface area contributed by atoms with Crippen LogP contribution in [0.3, 0.4) is 0 Å². The number of likely N-dealkylation sites (N-methyl/N-ethyl adjacent to an activating group) is 1. The summed E-state index contributed by atoms with van der Waals surface area (Å²) in [4.78, 5) is 2.69. The molecule has 0 aromatic rings. The van der Waals surface area contributed by atoms with Gasteiger partial charge in [-0.25, -0.2) is 0 Å². The average Bonchev–Trinajstić information content (AvgIpc) is 2.56. The maximum absolute atomic E-state index is 2.69. The topological polar surface area (TPSA) is 3.24 Å². The van der Waals surface area contributed by atoms with Crippen molar-refractivity contribution in [1.29, 1.82) is 0 Å². The van der Waals surface area contributed by atoms with Gasteiger partial charge < -0.3 is 4.48 Å². The van der Waals surface area contributed by atoms with Crippen LogP contribution in [0.4, 0.5) is 0 Å². The van der Waals surface area contributed by atoms with Crippen LogP contribution in [0.1, 0.15) is 47.5 Å². The molecule has 0 spiro atoms. The fraction of sp³-hybridized carbons (Fsp3) is 1.00. The van der Waals surface area contributed by atoms with Gasteiger partial charge in [0.05, 0.1) is 19.6 Å². The van der Waals surface area contributed by atoms with Crippen molar-refractivity contribution in [2.75, 3.05) is 32.8 Å². The molecule has 0 saturated carbocycles. The Hall–Kier alpha value is -0.0800. The third-order valence-electron chi connectivity index (χ3n) is 4.23. The molecule has 1 saturated heterocycles. The van der Waals surface area contributed by atoms with Crippen LogP contribution in [0, 0.1) is 5.92 Å². The first-order valence-corrected chi connectivity index (χ1v) is 7.16. The SMILES string of the molecule is CCCC1CN(CC(C)C)C[N+]1(CC)CC. The predicted octanol–water partition coefficient (Wildman–Crippen LogP) is 2.94. The third kappa shape index (κ3) is 2.98. The molecule has 1 aliphatic rings. The molecule has 96 valence electrons. The van der Waals surface area contributed by atoms with Crippen molar-refractivity contribution in [3.63, 3.8) is 0 Å². The van der Waals surface area contributed by atoms with Crippen LogP contribution >= 0.6 is 0 Å². The Morgan fingerprint density at radius 3 is 2.25 bits per heavy atom. The molecule has 0 aromatic carbocycles. The van der Waals surface area contributed by atoms with Gasteiger partial charge in [-0.05, 0) is 19.8 Å². The van der Waals surface area contributed by atoms with Gasteiger partial charge in [0.15, 0.2) is 0 Å². The van der Waals surface area contributed by atoms with E-state index in [1.807, 2.05) is 0 Å². The molecule has 1 heterocycles. The van der Waals surface area contributed by atoms with E-state index < -0.39 is 0 Å². The zero-order chi connectivity index (χ0) is 12.2. The summed E-state index contributed by atoms with van der Waals surface area (Å²) >= 11 is 0. The molecule has 0 aromatic heterocycles. The monoisotopic (exact) mass is 227 g/mol. The zero-order valence-electron chi connectivity index (χ0n) is 12.0. The van der Waals surface area contributed by atoms with Crippen molar-refractivity contribution >= 4 is 0 Å². The minimum absolute atomic E-state index is 0.802. The first-order valence-electron chi connectivity index (χ1n) is 7.16. The Morgan fingerprint density at radius 2 is 1.81 bits per heavy atom. The standard InChI is InChI=1S/C14H31N2/c1-6-9-14-11-15(10-13(4)5)12-16(14,7-2)8-3/h13-14H,6-12H2,1-5H3/q+1. The second-order valence-electron chi connectivity index (χ2n) is 5.86. The van der Waals surface area contributed by atoms with Crippen LogP contribution in [0.25, 0.3) is 0 Å². The molecule has 1 aliphatic heterocycles. The highest BCUT2D eigenvalue weighted by molar-refractivity contribution is 4.73. The average molecular weight is 227 g/mol. The summed E-state index contributed by atoms with van der Waals surface area (Å²) in [7, 11) is 0. The van der Waals surface area contributed by atoms with Crippen LogP contribution in [0.5, 0.6) is 0 Å². The Labute approximate surface area is 102 Å². The molecule has 0 amide bonds. The zero-order valence-corrected chi connectivity index (χ0v) is 12.0. The summed E-state index contributed by atoms with van der Waals surface area (Å²) in [6.07, 6.45) is 2.73. The van der Waals surface area contributed by atoms with Gasteiger partial charge in [-0.3, -0.25) is 4.90 Å². The van der Waals surface area contributed by atoms with Gasteiger partial charge in [0.1, 0.15) is 12.7 Å². The minimum Gasteiger partial charge on any atom is -0.308 e. The molecule has 0 aliphatic carbocycles. The lowest BCUT2D eigenvalue weighted by Crippen LogP contribution is -2.52. The summed E-state index contributed by atoms with van der Waals surface area (Å²) in [6, 6.07) is 0.888. The maximum Gasteiger partial charge on any atom is 0.135 e. The normalized spacial score (nSPS) is 25.5. The van der Waals surface area contributed by atoms with E-state index in [0.717, 1.165) is 12.0 Å². The highest BCUT2D eigenvalue weighted by atomic mass is 15.5. The molecular weight excluding hydrogens is 196 g/mol. The van der Waals surface area contributed by atoms with Crippen molar-refractivity contribution in [2.24, 2.45) is 5.92 Å². The van der Waals surface area contributed by atoms with Crippen LogP contribution in [-0.2, 0) is 0 Å². The number of hydrogen-bond donors (Lipinski definition) is 0. The van der Waals surface area contributed by atoms with Gasteiger partial charge in [0.2, 0.25) is 0 Å². The van der Waals surface area contributed by atoms with Gasteiger partial charge in [0, 0.05) is 13.0 Å². The number of rotatable bonds is 6. The van der Waals surface area contributed by atoms with E-state index >= 15 is 0 Å². The molecule has 1 fully saturated rings. The van der Waals surface area contributed by atoms with Gasteiger partial charge in [-0.15, -0.1) is 0 Å². The summed E-state index contributed by atoms with van der Waals surface area (Å²) in [5.41, 5.74) is 0. The van der Waals surface area contributed by atoms with E-state index in [9.17, 15) is 0 Å². The highest BCUT2D eigenvalue weighted by Crippen LogP contribution is 2.27. The smallest absolute Gasteiger partial charge is 0.135 e. The molecule has 1 rings (SSSR count). The van der Waals surface area contributed by atoms with Crippen molar-refractivity contribution in [1.82, 2.24) is 4.90 Å². The third-order valence-corrected chi connectivity index (χ3v) is 4.23. The van der Waals surface area contributed by atoms with Crippen molar-refractivity contribution in [2.45, 2.75) is 53.5 Å². The van der Waals surface area contributed by atoms with E-state index in [1.54, 1.807) is 0 Å². The van der Waals surface area contributed by atoms with E-state index in [4.69, 9.17) is 0 Å². The van der Waals surface area contributed by atoms with Crippen LogP contribution in [0.2, 0.25) is 0 Å². The largest absolute Gasteiger partial charge is 0.308 e. The predicted molar refractivity (Wildman–Crippen MR) is 71.3 cm³/mol. The molecule has 0 radical (unpaired) electrons. The number of quaternary nitrogens is 1. The molecule has 1 unspecified atom stereocenters. The fourth-order valence-corrected chi connectivity index (χ4v) is 3.33.